The van der Waals surface area contributed by atoms with E-state index >= 15 is 0 Å². The van der Waals surface area contributed by atoms with Crippen LogP contribution in [0.15, 0.2) is 41.4 Å². The van der Waals surface area contributed by atoms with Crippen molar-refractivity contribution in [1.29, 1.82) is 0 Å². The van der Waals surface area contributed by atoms with Gasteiger partial charge >= 0.3 is 0 Å². The number of pyridine rings is 2. The molecule has 0 spiro atoms. The number of rotatable bonds is 7. The number of benzene rings is 1. The Morgan fingerprint density at radius 1 is 1.18 bits per heavy atom. The Morgan fingerprint density at radius 3 is 2.74 bits per heavy atom. The summed E-state index contributed by atoms with van der Waals surface area (Å²) in [5.41, 5.74) is 2.46. The van der Waals surface area contributed by atoms with Gasteiger partial charge < -0.3 is 20.1 Å². The van der Waals surface area contributed by atoms with Crippen molar-refractivity contribution in [2.24, 2.45) is 0 Å². The first-order valence-corrected chi connectivity index (χ1v) is 14.4. The molecule has 11 heteroatoms. The van der Waals surface area contributed by atoms with Crippen molar-refractivity contribution in [3.8, 4) is 5.88 Å². The van der Waals surface area contributed by atoms with E-state index in [2.05, 4.69) is 20.6 Å². The second-order valence-electron chi connectivity index (χ2n) is 10.5. The second kappa shape index (κ2) is 9.25. The molecule has 0 atom stereocenters. The number of methoxy groups -OCH3 is 1. The van der Waals surface area contributed by atoms with Crippen molar-refractivity contribution >= 4 is 32.5 Å². The SMILES string of the molecule is COc1ccc2ncc(F)c(CCC34CCC(NCc5ccc6c(c5)NC(=O)CS6(=O)=O)(CC3)CO4)c2n1. The third-order valence-corrected chi connectivity index (χ3v) is 9.86. The summed E-state index contributed by atoms with van der Waals surface area (Å²) in [6.07, 6.45) is 6.01. The topological polar surface area (TPSA) is 120 Å². The molecule has 38 heavy (non-hydrogen) atoms. The van der Waals surface area contributed by atoms with Gasteiger partial charge in [0, 0.05) is 23.7 Å². The van der Waals surface area contributed by atoms with Crippen LogP contribution in [0.3, 0.4) is 0 Å². The molecule has 3 aliphatic heterocycles. The molecule has 1 saturated carbocycles. The molecule has 7 rings (SSSR count). The average molecular weight is 541 g/mol. The lowest BCUT2D eigenvalue weighted by Gasteiger charge is -2.53. The van der Waals surface area contributed by atoms with Crippen LogP contribution in [-0.4, -0.2) is 54.9 Å². The van der Waals surface area contributed by atoms with Gasteiger partial charge in [-0.2, -0.15) is 0 Å². The molecule has 3 fully saturated rings. The number of hydrogen-bond donors (Lipinski definition) is 2. The fraction of sp³-hybridized carbons (Fsp3) is 0.444. The van der Waals surface area contributed by atoms with E-state index in [0.29, 0.717) is 54.2 Å². The molecule has 0 radical (unpaired) electrons. The van der Waals surface area contributed by atoms with Gasteiger partial charge in [0.25, 0.3) is 0 Å². The molecular weight excluding hydrogens is 511 g/mol. The fourth-order valence-electron chi connectivity index (χ4n) is 5.88. The number of aromatic nitrogens is 2. The molecule has 1 aliphatic carbocycles. The van der Waals surface area contributed by atoms with E-state index in [1.165, 1.54) is 13.3 Å². The molecule has 3 aromatic rings. The summed E-state index contributed by atoms with van der Waals surface area (Å²) in [5.74, 6) is -0.977. The number of nitrogens with zero attached hydrogens (tertiary/aromatic N) is 2. The van der Waals surface area contributed by atoms with Gasteiger partial charge in [0.15, 0.2) is 9.84 Å². The molecule has 2 aromatic heterocycles. The summed E-state index contributed by atoms with van der Waals surface area (Å²) >= 11 is 0. The Kier molecular flexibility index (Phi) is 6.12. The van der Waals surface area contributed by atoms with Gasteiger partial charge in [0.05, 0.1) is 47.1 Å². The smallest absolute Gasteiger partial charge is 0.239 e. The predicted molar refractivity (Wildman–Crippen MR) is 138 cm³/mol. The highest BCUT2D eigenvalue weighted by Crippen LogP contribution is 2.46. The number of anilines is 1. The van der Waals surface area contributed by atoms with Gasteiger partial charge in [-0.1, -0.05) is 6.07 Å². The number of hydrogen-bond acceptors (Lipinski definition) is 8. The van der Waals surface area contributed by atoms with E-state index in [9.17, 15) is 17.6 Å². The Balaban J connectivity index is 1.11. The Bertz CT molecular complexity index is 1520. The van der Waals surface area contributed by atoms with Crippen LogP contribution in [0.1, 0.15) is 43.2 Å². The molecule has 1 aromatic carbocycles. The molecule has 2 N–H and O–H groups in total. The van der Waals surface area contributed by atoms with Crippen molar-refractivity contribution < 1.29 is 27.1 Å². The van der Waals surface area contributed by atoms with Crippen LogP contribution in [0.2, 0.25) is 0 Å². The third-order valence-electron chi connectivity index (χ3n) is 8.19. The zero-order valence-electron chi connectivity index (χ0n) is 21.0. The standard InChI is InChI=1S/C27H29FN4O5S/c1-36-24-5-3-20-25(32-24)18(19(28)14-29-20)6-7-27-10-8-26(9-11-27,16-37-27)30-13-17-2-4-22-21(12-17)31-23(33)15-38(22,34)35/h2-5,12,14,30H,6-11,13,15-16H2,1H3,(H,31,33). The highest BCUT2D eigenvalue weighted by atomic mass is 32.2. The number of fused-ring (bicyclic) bond motifs is 5. The largest absolute Gasteiger partial charge is 0.481 e. The van der Waals surface area contributed by atoms with Gasteiger partial charge in [-0.15, -0.1) is 0 Å². The first kappa shape index (κ1) is 25.1. The summed E-state index contributed by atoms with van der Waals surface area (Å²) in [6.45, 7) is 1.08. The molecule has 0 unspecified atom stereocenters. The average Bonchev–Trinajstić information content (AvgIpc) is 2.91. The molecule has 4 aliphatic rings. The van der Waals surface area contributed by atoms with Crippen LogP contribution in [-0.2, 0) is 32.3 Å². The van der Waals surface area contributed by atoms with Crippen molar-refractivity contribution in [2.75, 3.05) is 24.8 Å². The number of carbonyl (C=O) groups is 1. The van der Waals surface area contributed by atoms with Crippen LogP contribution in [0.4, 0.5) is 10.1 Å². The molecule has 2 saturated heterocycles. The molecular formula is C27H29FN4O5S. The summed E-state index contributed by atoms with van der Waals surface area (Å²) in [5, 5.41) is 6.30. The minimum atomic E-state index is -3.59. The zero-order valence-corrected chi connectivity index (χ0v) is 21.9. The summed E-state index contributed by atoms with van der Waals surface area (Å²) in [7, 11) is -2.06. The fourth-order valence-corrected chi connectivity index (χ4v) is 7.17. The highest BCUT2D eigenvalue weighted by Gasteiger charge is 2.49. The van der Waals surface area contributed by atoms with Crippen LogP contribution in [0.25, 0.3) is 11.0 Å². The van der Waals surface area contributed by atoms with Crippen molar-refractivity contribution in [2.45, 2.75) is 61.1 Å². The summed E-state index contributed by atoms with van der Waals surface area (Å²) in [4.78, 5) is 20.6. The summed E-state index contributed by atoms with van der Waals surface area (Å²) < 4.78 is 51.0. The predicted octanol–water partition coefficient (Wildman–Crippen LogP) is 3.31. The second-order valence-corrected chi connectivity index (χ2v) is 12.5. The summed E-state index contributed by atoms with van der Waals surface area (Å²) in [6, 6.07) is 8.58. The first-order valence-electron chi connectivity index (χ1n) is 12.7. The quantitative estimate of drug-likeness (QED) is 0.469. The minimum Gasteiger partial charge on any atom is -0.481 e. The van der Waals surface area contributed by atoms with E-state index < -0.39 is 21.5 Å². The van der Waals surface area contributed by atoms with Crippen molar-refractivity contribution in [3.63, 3.8) is 0 Å². The van der Waals surface area contributed by atoms with Crippen LogP contribution >= 0.6 is 0 Å². The maximum atomic E-state index is 14.8. The third kappa shape index (κ3) is 4.52. The molecule has 9 nitrogen and oxygen atoms in total. The van der Waals surface area contributed by atoms with E-state index in [0.717, 1.165) is 31.2 Å². The number of carbonyl (C=O) groups excluding carboxylic acids is 1. The van der Waals surface area contributed by atoms with Gasteiger partial charge in [-0.05, 0) is 62.3 Å². The van der Waals surface area contributed by atoms with Crippen LogP contribution in [0.5, 0.6) is 5.88 Å². The van der Waals surface area contributed by atoms with Crippen LogP contribution < -0.4 is 15.4 Å². The Hall–Kier alpha value is -3.15. The zero-order chi connectivity index (χ0) is 26.5. The molecule has 5 heterocycles. The van der Waals surface area contributed by atoms with Gasteiger partial charge in [0.1, 0.15) is 11.6 Å². The Labute approximate surface area is 220 Å². The number of aryl methyl sites for hydroxylation is 1. The number of sulfone groups is 1. The van der Waals surface area contributed by atoms with Crippen molar-refractivity contribution in [3.05, 3.63) is 53.5 Å². The van der Waals surface area contributed by atoms with Gasteiger partial charge in [-0.25, -0.2) is 17.8 Å². The lowest BCUT2D eigenvalue weighted by atomic mass is 9.69. The molecule has 200 valence electrons. The lowest BCUT2D eigenvalue weighted by Crippen LogP contribution is -2.61. The highest BCUT2D eigenvalue weighted by molar-refractivity contribution is 7.92. The van der Waals surface area contributed by atoms with E-state index in [-0.39, 0.29) is 21.9 Å². The maximum Gasteiger partial charge on any atom is 0.239 e. The molecule has 2 bridgehead atoms. The van der Waals surface area contributed by atoms with Gasteiger partial charge in [-0.3, -0.25) is 9.78 Å². The minimum absolute atomic E-state index is 0.162. The number of nitrogens with one attached hydrogen (secondary N) is 2. The van der Waals surface area contributed by atoms with E-state index in [1.54, 1.807) is 30.3 Å². The molecule has 1 amide bonds. The normalized spacial score (nSPS) is 25.7. The maximum absolute atomic E-state index is 14.8. The lowest BCUT2D eigenvalue weighted by molar-refractivity contribution is -0.165. The van der Waals surface area contributed by atoms with E-state index in [4.69, 9.17) is 9.47 Å². The number of ether oxygens (including phenoxy) is 2. The van der Waals surface area contributed by atoms with E-state index in [1.807, 2.05) is 0 Å². The first-order chi connectivity index (χ1) is 18.2. The van der Waals surface area contributed by atoms with Crippen LogP contribution in [0, 0.1) is 5.82 Å². The Morgan fingerprint density at radius 2 is 2.00 bits per heavy atom. The number of halogens is 1. The number of amides is 1. The monoisotopic (exact) mass is 540 g/mol. The van der Waals surface area contributed by atoms with Crippen molar-refractivity contribution in [1.82, 2.24) is 15.3 Å². The van der Waals surface area contributed by atoms with Gasteiger partial charge in [0.2, 0.25) is 11.8 Å².